The number of hydrogen-bond donors (Lipinski definition) is 2. The first-order chi connectivity index (χ1) is 10.0. The quantitative estimate of drug-likeness (QED) is 0.799. The van der Waals surface area contributed by atoms with Crippen LogP contribution in [0.25, 0.3) is 0 Å². The number of rotatable bonds is 7. The summed E-state index contributed by atoms with van der Waals surface area (Å²) in [5.41, 5.74) is 2.14. The number of nitrogens with zero attached hydrogens (tertiary/aromatic N) is 2. The molecule has 0 aliphatic carbocycles. The van der Waals surface area contributed by atoms with E-state index in [0.717, 1.165) is 21.5 Å². The molecule has 5 nitrogen and oxygen atoms in total. The van der Waals surface area contributed by atoms with Crippen molar-refractivity contribution in [2.45, 2.75) is 19.6 Å². The Bertz CT molecular complexity index is 586. The van der Waals surface area contributed by atoms with Crippen molar-refractivity contribution in [3.05, 3.63) is 46.2 Å². The summed E-state index contributed by atoms with van der Waals surface area (Å²) in [4.78, 5) is 0. The summed E-state index contributed by atoms with van der Waals surface area (Å²) in [7, 11) is 1.90. The molecule has 6 heteroatoms. The van der Waals surface area contributed by atoms with Gasteiger partial charge in [0.15, 0.2) is 0 Å². The lowest BCUT2D eigenvalue weighted by molar-refractivity contribution is 0.106. The molecule has 0 spiro atoms. The van der Waals surface area contributed by atoms with Crippen molar-refractivity contribution in [3.8, 4) is 5.75 Å². The minimum Gasteiger partial charge on any atom is -0.491 e. The molecule has 1 aromatic heterocycles. The first-order valence-corrected chi connectivity index (χ1v) is 7.60. The molecule has 21 heavy (non-hydrogen) atoms. The number of aliphatic hydroxyl groups excluding tert-OH is 1. The van der Waals surface area contributed by atoms with Crippen molar-refractivity contribution in [2.24, 2.45) is 7.05 Å². The zero-order valence-corrected chi connectivity index (χ0v) is 13.8. The Balaban J connectivity index is 1.70. The number of halogens is 1. The second kappa shape index (κ2) is 7.59. The van der Waals surface area contributed by atoms with Crippen LogP contribution in [0.3, 0.4) is 0 Å². The zero-order valence-electron chi connectivity index (χ0n) is 12.2. The van der Waals surface area contributed by atoms with E-state index in [1.165, 1.54) is 0 Å². The molecule has 1 heterocycles. The number of hydrogen-bond acceptors (Lipinski definition) is 4. The predicted molar refractivity (Wildman–Crippen MR) is 85.3 cm³/mol. The molecule has 0 aliphatic heterocycles. The molecule has 0 saturated heterocycles. The van der Waals surface area contributed by atoms with Crippen molar-refractivity contribution in [1.82, 2.24) is 15.1 Å². The molecule has 0 bridgehead atoms. The lowest BCUT2D eigenvalue weighted by Crippen LogP contribution is -2.31. The summed E-state index contributed by atoms with van der Waals surface area (Å²) in [5.74, 6) is 0.742. The van der Waals surface area contributed by atoms with Gasteiger partial charge in [0.25, 0.3) is 0 Å². The van der Waals surface area contributed by atoms with Crippen molar-refractivity contribution >= 4 is 15.9 Å². The highest BCUT2D eigenvalue weighted by molar-refractivity contribution is 9.10. The van der Waals surface area contributed by atoms with Gasteiger partial charge in [-0.3, -0.25) is 4.68 Å². The van der Waals surface area contributed by atoms with Gasteiger partial charge in [-0.25, -0.2) is 0 Å². The molecule has 0 aliphatic rings. The van der Waals surface area contributed by atoms with Gasteiger partial charge in [-0.05, 0) is 25.1 Å². The second-order valence-corrected chi connectivity index (χ2v) is 5.88. The summed E-state index contributed by atoms with van der Waals surface area (Å²) in [6, 6.07) is 7.57. The molecular formula is C15H20BrN3O2. The van der Waals surface area contributed by atoms with E-state index in [0.29, 0.717) is 13.1 Å². The average molecular weight is 354 g/mol. The van der Waals surface area contributed by atoms with Crippen molar-refractivity contribution in [2.75, 3.05) is 13.2 Å². The van der Waals surface area contributed by atoms with Crippen LogP contribution < -0.4 is 10.1 Å². The zero-order chi connectivity index (χ0) is 15.2. The summed E-state index contributed by atoms with van der Waals surface area (Å²) in [6.07, 6.45) is 1.42. The van der Waals surface area contributed by atoms with Gasteiger partial charge in [0, 0.05) is 36.4 Å². The summed E-state index contributed by atoms with van der Waals surface area (Å²) >= 11 is 3.38. The summed E-state index contributed by atoms with van der Waals surface area (Å²) < 4.78 is 8.29. The number of ether oxygens (including phenoxy) is 1. The van der Waals surface area contributed by atoms with E-state index in [2.05, 4.69) is 26.3 Å². The predicted octanol–water partition coefficient (Wildman–Crippen LogP) is 2.02. The number of aryl methyl sites for hydroxylation is 2. The van der Waals surface area contributed by atoms with Crippen LogP contribution in [0.4, 0.5) is 0 Å². The highest BCUT2D eigenvalue weighted by Crippen LogP contribution is 2.17. The lowest BCUT2D eigenvalue weighted by Gasteiger charge is -2.13. The molecule has 0 fully saturated rings. The van der Waals surface area contributed by atoms with Crippen LogP contribution in [0.15, 0.2) is 34.9 Å². The van der Waals surface area contributed by atoms with E-state index >= 15 is 0 Å². The van der Waals surface area contributed by atoms with Crippen LogP contribution in [-0.4, -0.2) is 34.1 Å². The summed E-state index contributed by atoms with van der Waals surface area (Å²) in [6.45, 7) is 3.40. The molecule has 1 aromatic carbocycles. The van der Waals surface area contributed by atoms with Crippen molar-refractivity contribution in [1.29, 1.82) is 0 Å². The fourth-order valence-corrected chi connectivity index (χ4v) is 2.38. The molecule has 2 aromatic rings. The number of aliphatic hydroxyl groups is 1. The first kappa shape index (κ1) is 16.0. The molecule has 1 atom stereocenters. The minimum absolute atomic E-state index is 0.259. The molecule has 2 N–H and O–H groups in total. The van der Waals surface area contributed by atoms with E-state index in [9.17, 15) is 5.11 Å². The van der Waals surface area contributed by atoms with Gasteiger partial charge >= 0.3 is 0 Å². The maximum atomic E-state index is 9.91. The smallest absolute Gasteiger partial charge is 0.120 e. The van der Waals surface area contributed by atoms with Crippen LogP contribution in [0.5, 0.6) is 5.75 Å². The fraction of sp³-hybridized carbons (Fsp3) is 0.400. The third-order valence-electron chi connectivity index (χ3n) is 3.05. The van der Waals surface area contributed by atoms with E-state index in [1.807, 2.05) is 44.4 Å². The van der Waals surface area contributed by atoms with Crippen molar-refractivity contribution in [3.63, 3.8) is 0 Å². The number of aromatic nitrogens is 2. The first-order valence-electron chi connectivity index (χ1n) is 6.81. The molecule has 0 saturated carbocycles. The fourth-order valence-electron chi connectivity index (χ4n) is 2.00. The van der Waals surface area contributed by atoms with Gasteiger partial charge in [0.05, 0.1) is 5.69 Å². The SMILES string of the molecule is Cc1nn(C)cc1CNCC(O)COc1cccc(Br)c1. The Morgan fingerprint density at radius 1 is 1.48 bits per heavy atom. The lowest BCUT2D eigenvalue weighted by atomic mass is 10.2. The van der Waals surface area contributed by atoms with Crippen LogP contribution in [-0.2, 0) is 13.6 Å². The molecule has 2 rings (SSSR count). The topological polar surface area (TPSA) is 59.3 Å². The molecule has 0 radical (unpaired) electrons. The monoisotopic (exact) mass is 353 g/mol. The minimum atomic E-state index is -0.555. The van der Waals surface area contributed by atoms with Gasteiger partial charge < -0.3 is 15.2 Å². The van der Waals surface area contributed by atoms with Gasteiger partial charge in [-0.1, -0.05) is 22.0 Å². The second-order valence-electron chi connectivity index (χ2n) is 4.97. The Hall–Kier alpha value is -1.37. The number of nitrogens with one attached hydrogen (secondary N) is 1. The van der Waals surface area contributed by atoms with Gasteiger partial charge in [-0.15, -0.1) is 0 Å². The highest BCUT2D eigenvalue weighted by Gasteiger charge is 2.07. The van der Waals surface area contributed by atoms with E-state index in [-0.39, 0.29) is 6.61 Å². The standard InChI is InChI=1S/C15H20BrN3O2/c1-11-12(9-19(2)18-11)7-17-8-14(20)10-21-15-5-3-4-13(16)6-15/h3-6,9,14,17,20H,7-8,10H2,1-2H3. The third-order valence-corrected chi connectivity index (χ3v) is 3.54. The van der Waals surface area contributed by atoms with Gasteiger partial charge in [0.2, 0.25) is 0 Å². The van der Waals surface area contributed by atoms with E-state index < -0.39 is 6.10 Å². The Kier molecular flexibility index (Phi) is 5.78. The van der Waals surface area contributed by atoms with Crippen LogP contribution in [0.1, 0.15) is 11.3 Å². The van der Waals surface area contributed by atoms with Crippen LogP contribution in [0, 0.1) is 6.92 Å². The van der Waals surface area contributed by atoms with Crippen molar-refractivity contribution < 1.29 is 9.84 Å². The van der Waals surface area contributed by atoms with E-state index in [1.54, 1.807) is 4.68 Å². The Morgan fingerprint density at radius 3 is 2.95 bits per heavy atom. The molecule has 1 unspecified atom stereocenters. The van der Waals surface area contributed by atoms with Gasteiger partial charge in [0.1, 0.15) is 18.5 Å². The average Bonchev–Trinajstić information content (AvgIpc) is 2.75. The third kappa shape index (κ3) is 5.15. The highest BCUT2D eigenvalue weighted by atomic mass is 79.9. The van der Waals surface area contributed by atoms with Gasteiger partial charge in [-0.2, -0.15) is 5.10 Å². The molecular weight excluding hydrogens is 334 g/mol. The number of benzene rings is 1. The Morgan fingerprint density at radius 2 is 2.29 bits per heavy atom. The van der Waals surface area contributed by atoms with E-state index in [4.69, 9.17) is 4.74 Å². The normalized spacial score (nSPS) is 12.4. The largest absolute Gasteiger partial charge is 0.491 e. The molecule has 114 valence electrons. The maximum Gasteiger partial charge on any atom is 0.120 e. The Labute approximate surface area is 133 Å². The molecule has 0 amide bonds. The maximum absolute atomic E-state index is 9.91. The summed E-state index contributed by atoms with van der Waals surface area (Å²) in [5, 5.41) is 17.4. The van der Waals surface area contributed by atoms with Crippen LogP contribution in [0.2, 0.25) is 0 Å². The van der Waals surface area contributed by atoms with Crippen LogP contribution >= 0.6 is 15.9 Å².